The number of rotatable bonds is 3. The van der Waals surface area contributed by atoms with Gasteiger partial charge in [0, 0.05) is 26.9 Å². The van der Waals surface area contributed by atoms with Crippen LogP contribution < -0.4 is 0 Å². The number of Topliss-reactive ketones (excluding diaryl/α,β-unsaturated/α-hetero) is 1. The third-order valence-corrected chi connectivity index (χ3v) is 2.68. The predicted molar refractivity (Wildman–Crippen MR) is 85.1 cm³/mol. The molecule has 0 saturated heterocycles. The van der Waals surface area contributed by atoms with Crippen molar-refractivity contribution in [2.24, 2.45) is 0 Å². The minimum atomic E-state index is -1.67. The quantitative estimate of drug-likeness (QED) is 0.679. The highest BCUT2D eigenvalue weighted by Crippen LogP contribution is 2.21. The summed E-state index contributed by atoms with van der Waals surface area (Å²) in [5.41, 5.74) is 1.34. The second-order valence-corrected chi connectivity index (χ2v) is 6.70. The molecular weight excluding hydrogens is 335 g/mol. The minimum Gasteiger partial charge on any atom is -0.481 e. The molecule has 0 amide bonds. The lowest BCUT2D eigenvalue weighted by molar-refractivity contribution is -0.136. The van der Waals surface area contributed by atoms with E-state index < -0.39 is 15.2 Å². The van der Waals surface area contributed by atoms with Gasteiger partial charge in [-0.3, -0.25) is 9.59 Å². The van der Waals surface area contributed by atoms with Crippen LogP contribution in [0, 0.1) is 0 Å². The summed E-state index contributed by atoms with van der Waals surface area (Å²) in [5.74, 6) is -0.882. The number of carboxylic acid groups (broad SMARTS) is 1. The number of carbonyl (C=O) groups is 2. The van der Waals surface area contributed by atoms with Gasteiger partial charge in [-0.2, -0.15) is 0 Å². The Morgan fingerprint density at radius 2 is 1.81 bits per heavy atom. The molecule has 2 rings (SSSR count). The molecule has 0 aliphatic heterocycles. The highest BCUT2D eigenvalue weighted by molar-refractivity contribution is 8.26. The zero-order valence-corrected chi connectivity index (χ0v) is 13.3. The zero-order valence-electron chi connectivity index (χ0n) is 11.0. The van der Waals surface area contributed by atoms with E-state index in [1.54, 1.807) is 18.2 Å². The molecule has 112 valence electrons. The van der Waals surface area contributed by atoms with Crippen LogP contribution in [-0.2, 0) is 20.4 Å². The Bertz CT molecular complexity index is 696. The van der Waals surface area contributed by atoms with Crippen LogP contribution in [0.1, 0.15) is 22.8 Å². The van der Waals surface area contributed by atoms with E-state index in [9.17, 15) is 9.59 Å². The summed E-state index contributed by atoms with van der Waals surface area (Å²) in [5, 5.41) is 10.5. The van der Waals surface area contributed by atoms with Gasteiger partial charge in [0.15, 0.2) is 5.78 Å². The second kappa shape index (κ2) is 8.12. The van der Waals surface area contributed by atoms with E-state index in [0.29, 0.717) is 11.1 Å². The van der Waals surface area contributed by atoms with Gasteiger partial charge in [-0.15, -0.1) is 0 Å². The molecule has 2 aromatic rings. The topological polar surface area (TPSA) is 71.4 Å². The van der Waals surface area contributed by atoms with Gasteiger partial charge in [-0.05, 0) is 29.3 Å². The van der Waals surface area contributed by atoms with E-state index in [1.165, 1.54) is 6.92 Å². The fraction of sp³-hybridized carbons (Fsp3) is 0.143. The standard InChI is InChI=1S/C14H12O3.Cl2OS/c1-9(15)12-4-2-3-11-6-5-10(7-13(11)12)8-14(16)17;1-4(2)3/h2-7H,8H2,1H3,(H,16,17);. The monoisotopic (exact) mass is 346 g/mol. The number of ketones is 1. The third-order valence-electron chi connectivity index (χ3n) is 2.68. The van der Waals surface area contributed by atoms with Crippen molar-refractivity contribution in [3.63, 3.8) is 0 Å². The average molecular weight is 347 g/mol. The SMILES string of the molecule is CC(=O)c1cccc2ccc(CC(=O)O)cc12.O=S(Cl)Cl. The molecule has 0 atom stereocenters. The largest absolute Gasteiger partial charge is 0.481 e. The molecule has 2 aromatic carbocycles. The molecule has 0 saturated carbocycles. The minimum absolute atomic E-state index is 0.0110. The van der Waals surface area contributed by atoms with E-state index >= 15 is 0 Å². The normalized spacial score (nSPS) is 10.1. The maximum Gasteiger partial charge on any atom is 0.307 e. The summed E-state index contributed by atoms with van der Waals surface area (Å²) in [4.78, 5) is 22.1. The Kier molecular flexibility index (Phi) is 6.81. The summed E-state index contributed by atoms with van der Waals surface area (Å²) in [7, 11) is 7.36. The van der Waals surface area contributed by atoms with Crippen molar-refractivity contribution in [1.29, 1.82) is 0 Å². The molecule has 7 heteroatoms. The first-order chi connectivity index (χ1) is 9.81. The first-order valence-corrected chi connectivity index (χ1v) is 8.60. The third kappa shape index (κ3) is 5.83. The van der Waals surface area contributed by atoms with Crippen molar-refractivity contribution in [2.75, 3.05) is 0 Å². The number of halogens is 2. The molecule has 1 N–H and O–H groups in total. The molecule has 0 aromatic heterocycles. The Labute approximate surface area is 133 Å². The number of hydrogen-bond acceptors (Lipinski definition) is 3. The summed E-state index contributed by atoms with van der Waals surface area (Å²) < 4.78 is 9.09. The highest BCUT2D eigenvalue weighted by Gasteiger charge is 2.07. The number of carbonyl (C=O) groups excluding carboxylic acids is 1. The van der Waals surface area contributed by atoms with Gasteiger partial charge in [0.1, 0.15) is 0 Å². The van der Waals surface area contributed by atoms with Crippen LogP contribution in [0.3, 0.4) is 0 Å². The first-order valence-electron chi connectivity index (χ1n) is 5.80. The van der Waals surface area contributed by atoms with Crippen LogP contribution in [0.4, 0.5) is 0 Å². The van der Waals surface area contributed by atoms with Crippen LogP contribution >= 0.6 is 21.4 Å². The van der Waals surface area contributed by atoms with Crippen LogP contribution in [0.25, 0.3) is 10.8 Å². The van der Waals surface area contributed by atoms with Gasteiger partial charge < -0.3 is 5.11 Å². The van der Waals surface area contributed by atoms with Crippen molar-refractivity contribution in [1.82, 2.24) is 0 Å². The Balaban J connectivity index is 0.000000491. The molecule has 0 heterocycles. The maximum absolute atomic E-state index is 11.5. The molecule has 0 aliphatic carbocycles. The second-order valence-electron chi connectivity index (χ2n) is 4.17. The molecule has 0 spiro atoms. The number of carboxylic acids is 1. The predicted octanol–water partition coefficient (Wildman–Crippen LogP) is 3.71. The fourth-order valence-corrected chi connectivity index (χ4v) is 1.91. The molecule has 0 unspecified atom stereocenters. The van der Waals surface area contributed by atoms with E-state index in [0.717, 1.165) is 10.8 Å². The van der Waals surface area contributed by atoms with Gasteiger partial charge in [0.05, 0.1) is 6.42 Å². The molecule has 21 heavy (non-hydrogen) atoms. The summed E-state index contributed by atoms with van der Waals surface area (Å²) in [6.07, 6.45) is -0.0256. The van der Waals surface area contributed by atoms with E-state index in [1.807, 2.05) is 18.2 Å². The van der Waals surface area contributed by atoms with Gasteiger partial charge in [-0.1, -0.05) is 30.3 Å². The number of aliphatic carboxylic acids is 1. The fourth-order valence-electron chi connectivity index (χ4n) is 1.91. The van der Waals surface area contributed by atoms with Gasteiger partial charge >= 0.3 is 5.97 Å². The van der Waals surface area contributed by atoms with Gasteiger partial charge in [0.2, 0.25) is 9.23 Å². The zero-order chi connectivity index (χ0) is 16.0. The van der Waals surface area contributed by atoms with Crippen LogP contribution in [-0.4, -0.2) is 21.1 Å². The van der Waals surface area contributed by atoms with E-state index in [-0.39, 0.29) is 12.2 Å². The number of benzene rings is 2. The highest BCUT2D eigenvalue weighted by atomic mass is 36.0. The number of fused-ring (bicyclic) bond motifs is 1. The lowest BCUT2D eigenvalue weighted by Crippen LogP contribution is -2.00. The van der Waals surface area contributed by atoms with Crippen LogP contribution in [0.15, 0.2) is 36.4 Å². The summed E-state index contributed by atoms with van der Waals surface area (Å²) >= 11 is 0. The number of hydrogen-bond donors (Lipinski definition) is 1. The lowest BCUT2D eigenvalue weighted by Gasteiger charge is -2.05. The van der Waals surface area contributed by atoms with E-state index in [2.05, 4.69) is 21.4 Å². The van der Waals surface area contributed by atoms with Crippen LogP contribution in [0.2, 0.25) is 0 Å². The molecular formula is C14H12Cl2O4S. The van der Waals surface area contributed by atoms with Crippen molar-refractivity contribution >= 4 is 53.1 Å². The van der Waals surface area contributed by atoms with Gasteiger partial charge in [-0.25, -0.2) is 4.21 Å². The summed E-state index contributed by atoms with van der Waals surface area (Å²) in [6.45, 7) is 1.51. The first kappa shape index (κ1) is 17.6. The molecule has 4 nitrogen and oxygen atoms in total. The summed E-state index contributed by atoms with van der Waals surface area (Å²) in [6, 6.07) is 10.9. The van der Waals surface area contributed by atoms with E-state index in [4.69, 9.17) is 9.32 Å². The van der Waals surface area contributed by atoms with Crippen molar-refractivity contribution in [2.45, 2.75) is 13.3 Å². The Morgan fingerprint density at radius 1 is 1.19 bits per heavy atom. The van der Waals surface area contributed by atoms with Crippen molar-refractivity contribution in [3.8, 4) is 0 Å². The molecule has 0 bridgehead atoms. The average Bonchev–Trinajstić information content (AvgIpc) is 2.36. The van der Waals surface area contributed by atoms with Crippen molar-refractivity contribution < 1.29 is 18.9 Å². The Morgan fingerprint density at radius 3 is 2.33 bits per heavy atom. The Hall–Kier alpha value is -1.43. The maximum atomic E-state index is 11.5. The smallest absolute Gasteiger partial charge is 0.307 e. The van der Waals surface area contributed by atoms with Crippen LogP contribution in [0.5, 0.6) is 0 Å². The van der Waals surface area contributed by atoms with Crippen molar-refractivity contribution in [3.05, 3.63) is 47.5 Å². The molecule has 0 fully saturated rings. The molecule has 0 aliphatic rings. The lowest BCUT2D eigenvalue weighted by atomic mass is 9.99. The van der Waals surface area contributed by atoms with Gasteiger partial charge in [0.25, 0.3) is 0 Å². The molecule has 0 radical (unpaired) electrons.